The second-order valence-electron chi connectivity index (χ2n) is 1.75. The van der Waals surface area contributed by atoms with Crippen LogP contribution < -0.4 is 5.14 Å². The zero-order valence-electron chi connectivity index (χ0n) is 5.08. The number of hydrogen-bond donors (Lipinski definition) is 1. The highest BCUT2D eigenvalue weighted by atomic mass is 127. The van der Waals surface area contributed by atoms with Gasteiger partial charge < -0.3 is 0 Å². The van der Waals surface area contributed by atoms with Crippen molar-refractivity contribution in [3.63, 3.8) is 0 Å². The van der Waals surface area contributed by atoms with E-state index in [1.54, 1.807) is 12.1 Å². The van der Waals surface area contributed by atoms with Gasteiger partial charge in [0.2, 0.25) is 0 Å². The van der Waals surface area contributed by atoms with Crippen molar-refractivity contribution >= 4 is 33.6 Å². The summed E-state index contributed by atoms with van der Waals surface area (Å²) in [5, 5.41) is 5.15. The minimum atomic E-state index is -1.34. The van der Waals surface area contributed by atoms with E-state index in [9.17, 15) is 4.21 Å². The first-order valence-electron chi connectivity index (χ1n) is 2.62. The fraction of sp³-hybridized carbons (Fsp3) is 0. The van der Waals surface area contributed by atoms with Crippen molar-refractivity contribution in [2.24, 2.45) is 5.14 Å². The van der Waals surface area contributed by atoms with Crippen LogP contribution in [-0.4, -0.2) is 4.21 Å². The number of rotatable bonds is 1. The van der Waals surface area contributed by atoms with Crippen LogP contribution in [0.1, 0.15) is 0 Å². The van der Waals surface area contributed by atoms with Crippen LogP contribution in [0, 0.1) is 3.57 Å². The second kappa shape index (κ2) is 3.45. The van der Waals surface area contributed by atoms with E-state index >= 15 is 0 Å². The Kier molecular flexibility index (Phi) is 2.82. The Labute approximate surface area is 75.5 Å². The largest absolute Gasteiger partial charge is 0.248 e. The Morgan fingerprint density at radius 3 is 2.60 bits per heavy atom. The summed E-state index contributed by atoms with van der Waals surface area (Å²) < 4.78 is 11.7. The van der Waals surface area contributed by atoms with Crippen molar-refractivity contribution in [3.05, 3.63) is 27.8 Å². The zero-order valence-corrected chi connectivity index (χ0v) is 8.06. The topological polar surface area (TPSA) is 43.1 Å². The molecule has 1 unspecified atom stereocenters. The molecule has 0 spiro atoms. The quantitative estimate of drug-likeness (QED) is 0.765. The third-order valence-corrected chi connectivity index (χ3v) is 2.42. The molecule has 1 aromatic rings. The van der Waals surface area contributed by atoms with Crippen molar-refractivity contribution in [1.82, 2.24) is 0 Å². The molecule has 2 nitrogen and oxygen atoms in total. The van der Waals surface area contributed by atoms with Gasteiger partial charge >= 0.3 is 0 Å². The molecule has 0 saturated carbocycles. The molecule has 0 amide bonds. The number of nitrogens with two attached hydrogens (primary N) is 1. The first-order valence-corrected chi connectivity index (χ1v) is 4.91. The van der Waals surface area contributed by atoms with Crippen LogP contribution in [0.5, 0.6) is 0 Å². The van der Waals surface area contributed by atoms with Crippen LogP contribution in [0.4, 0.5) is 0 Å². The third kappa shape index (κ3) is 2.03. The van der Waals surface area contributed by atoms with Crippen molar-refractivity contribution < 1.29 is 4.21 Å². The average Bonchev–Trinajstić information content (AvgIpc) is 1.88. The van der Waals surface area contributed by atoms with Crippen LogP contribution in [0.2, 0.25) is 0 Å². The highest BCUT2D eigenvalue weighted by Gasteiger charge is 1.95. The first kappa shape index (κ1) is 8.16. The summed E-state index contributed by atoms with van der Waals surface area (Å²) in [5.74, 6) is 0. The highest BCUT2D eigenvalue weighted by molar-refractivity contribution is 14.1. The normalized spacial score (nSPS) is 13.0. The summed E-state index contributed by atoms with van der Waals surface area (Å²) in [6, 6.07) is 7.31. The SMILES string of the molecule is NS(=O)c1cccc(I)c1. The number of hydrogen-bond acceptors (Lipinski definition) is 1. The van der Waals surface area contributed by atoms with Gasteiger partial charge in [0.15, 0.2) is 0 Å². The van der Waals surface area contributed by atoms with Gasteiger partial charge in [-0.3, -0.25) is 0 Å². The monoisotopic (exact) mass is 267 g/mol. The zero-order chi connectivity index (χ0) is 7.56. The minimum Gasteiger partial charge on any atom is -0.248 e. The summed E-state index contributed by atoms with van der Waals surface area (Å²) >= 11 is 2.15. The Morgan fingerprint density at radius 1 is 1.50 bits per heavy atom. The van der Waals surface area contributed by atoms with Gasteiger partial charge in [-0.05, 0) is 40.8 Å². The predicted molar refractivity (Wildman–Crippen MR) is 49.8 cm³/mol. The van der Waals surface area contributed by atoms with Crippen molar-refractivity contribution in [2.75, 3.05) is 0 Å². The molecular formula is C6H6INOS. The van der Waals surface area contributed by atoms with Crippen LogP contribution >= 0.6 is 22.6 Å². The van der Waals surface area contributed by atoms with Crippen LogP contribution in [0.15, 0.2) is 29.2 Å². The molecule has 54 valence electrons. The lowest BCUT2D eigenvalue weighted by Gasteiger charge is -1.94. The molecule has 0 bridgehead atoms. The molecule has 1 aromatic carbocycles. The number of halogens is 1. The van der Waals surface area contributed by atoms with Gasteiger partial charge in [-0.2, -0.15) is 0 Å². The maximum absolute atomic E-state index is 10.7. The van der Waals surface area contributed by atoms with E-state index in [0.717, 1.165) is 3.57 Å². The Bertz CT molecular complexity index is 264. The molecule has 10 heavy (non-hydrogen) atoms. The van der Waals surface area contributed by atoms with Crippen LogP contribution in [0.3, 0.4) is 0 Å². The molecule has 1 rings (SSSR count). The van der Waals surface area contributed by atoms with E-state index in [4.69, 9.17) is 5.14 Å². The summed E-state index contributed by atoms with van der Waals surface area (Å²) in [6.07, 6.45) is 0. The van der Waals surface area contributed by atoms with Gasteiger partial charge in [-0.25, -0.2) is 9.35 Å². The summed E-state index contributed by atoms with van der Waals surface area (Å²) in [6.45, 7) is 0. The second-order valence-corrected chi connectivity index (χ2v) is 4.07. The van der Waals surface area contributed by atoms with E-state index < -0.39 is 11.0 Å². The van der Waals surface area contributed by atoms with Gasteiger partial charge in [0, 0.05) is 3.57 Å². The lowest BCUT2D eigenvalue weighted by molar-refractivity contribution is 0.684. The lowest BCUT2D eigenvalue weighted by atomic mass is 10.4. The van der Waals surface area contributed by atoms with Gasteiger partial charge in [-0.1, -0.05) is 6.07 Å². The van der Waals surface area contributed by atoms with E-state index in [2.05, 4.69) is 22.6 Å². The van der Waals surface area contributed by atoms with Crippen LogP contribution in [-0.2, 0) is 11.0 Å². The molecule has 0 saturated heterocycles. The average molecular weight is 267 g/mol. The molecule has 0 fully saturated rings. The fourth-order valence-electron chi connectivity index (χ4n) is 0.592. The highest BCUT2D eigenvalue weighted by Crippen LogP contribution is 2.08. The summed E-state index contributed by atoms with van der Waals surface area (Å²) in [7, 11) is -1.34. The molecule has 0 aliphatic carbocycles. The smallest absolute Gasteiger partial charge is 0.122 e. The molecule has 1 atom stereocenters. The summed E-state index contributed by atoms with van der Waals surface area (Å²) in [5.41, 5.74) is 0. The summed E-state index contributed by atoms with van der Waals surface area (Å²) in [4.78, 5) is 0.673. The van der Waals surface area contributed by atoms with E-state index in [0.29, 0.717) is 4.90 Å². The van der Waals surface area contributed by atoms with Gasteiger partial charge in [0.25, 0.3) is 0 Å². The first-order chi connectivity index (χ1) is 4.70. The number of benzene rings is 1. The minimum absolute atomic E-state index is 0.673. The van der Waals surface area contributed by atoms with E-state index in [-0.39, 0.29) is 0 Å². The van der Waals surface area contributed by atoms with Crippen molar-refractivity contribution in [3.8, 4) is 0 Å². The maximum atomic E-state index is 10.7. The molecule has 0 aliphatic heterocycles. The van der Waals surface area contributed by atoms with Gasteiger partial charge in [0.05, 0.1) is 4.90 Å². The molecule has 0 radical (unpaired) electrons. The van der Waals surface area contributed by atoms with E-state index in [1.807, 2.05) is 12.1 Å². The Balaban J connectivity index is 3.07. The third-order valence-electron chi connectivity index (χ3n) is 1.03. The van der Waals surface area contributed by atoms with E-state index in [1.165, 1.54) is 0 Å². The molecule has 0 heterocycles. The Morgan fingerprint density at radius 2 is 2.20 bits per heavy atom. The molecule has 2 N–H and O–H groups in total. The fourth-order valence-corrected chi connectivity index (χ4v) is 1.80. The van der Waals surface area contributed by atoms with Crippen LogP contribution in [0.25, 0.3) is 0 Å². The van der Waals surface area contributed by atoms with Gasteiger partial charge in [-0.15, -0.1) is 0 Å². The Hall–Kier alpha value is 0.0600. The molecule has 0 aromatic heterocycles. The van der Waals surface area contributed by atoms with Gasteiger partial charge in [0.1, 0.15) is 11.0 Å². The lowest BCUT2D eigenvalue weighted by Crippen LogP contribution is -2.02. The maximum Gasteiger partial charge on any atom is 0.122 e. The molecule has 4 heteroatoms. The predicted octanol–water partition coefficient (Wildman–Crippen LogP) is 1.27. The molecular weight excluding hydrogens is 261 g/mol. The standard InChI is InChI=1S/C6H6INOS/c7-5-2-1-3-6(4-5)10(8)9/h1-4H,8H2. The van der Waals surface area contributed by atoms with Crippen molar-refractivity contribution in [1.29, 1.82) is 0 Å². The molecule has 0 aliphatic rings. The van der Waals surface area contributed by atoms with Crippen molar-refractivity contribution in [2.45, 2.75) is 4.90 Å².